The number of methoxy groups -OCH3 is 1. The highest BCUT2D eigenvalue weighted by molar-refractivity contribution is 5.56. The van der Waals surface area contributed by atoms with Crippen LogP contribution in [0, 0.1) is 6.92 Å². The first-order valence-corrected chi connectivity index (χ1v) is 5.79. The number of ether oxygens (including phenoxy) is 1. The van der Waals surface area contributed by atoms with E-state index in [1.165, 1.54) is 0 Å². The molecule has 2 N–H and O–H groups in total. The van der Waals surface area contributed by atoms with Crippen molar-refractivity contribution >= 4 is 0 Å². The molecular weight excluding hydrogens is 228 g/mol. The van der Waals surface area contributed by atoms with Crippen molar-refractivity contribution in [3.63, 3.8) is 0 Å². The van der Waals surface area contributed by atoms with E-state index in [2.05, 4.69) is 15.0 Å². The Balaban J connectivity index is 2.36. The molecule has 0 fully saturated rings. The van der Waals surface area contributed by atoms with Gasteiger partial charge >= 0.3 is 0 Å². The Bertz CT molecular complexity index is 525. The van der Waals surface area contributed by atoms with Crippen molar-refractivity contribution in [1.82, 2.24) is 15.0 Å². The highest BCUT2D eigenvalue weighted by Gasteiger charge is 2.06. The van der Waals surface area contributed by atoms with E-state index in [9.17, 15) is 0 Å². The van der Waals surface area contributed by atoms with Crippen LogP contribution < -0.4 is 10.5 Å². The van der Waals surface area contributed by atoms with Gasteiger partial charge < -0.3 is 10.5 Å². The first kappa shape index (κ1) is 12.4. The number of benzene rings is 1. The zero-order chi connectivity index (χ0) is 13.0. The average molecular weight is 244 g/mol. The van der Waals surface area contributed by atoms with Crippen LogP contribution in [0.15, 0.2) is 24.3 Å². The van der Waals surface area contributed by atoms with Gasteiger partial charge in [-0.15, -0.1) is 0 Å². The minimum absolute atomic E-state index is 0.533. The maximum atomic E-state index is 5.52. The van der Waals surface area contributed by atoms with Crippen LogP contribution in [0.3, 0.4) is 0 Å². The van der Waals surface area contributed by atoms with E-state index in [1.807, 2.05) is 31.2 Å². The summed E-state index contributed by atoms with van der Waals surface area (Å²) in [4.78, 5) is 13.0. The molecule has 0 saturated carbocycles. The molecule has 0 saturated heterocycles. The predicted octanol–water partition coefficient (Wildman–Crippen LogP) is 1.36. The summed E-state index contributed by atoms with van der Waals surface area (Å²) in [6.07, 6.45) is 0.659. The van der Waals surface area contributed by atoms with E-state index in [1.54, 1.807) is 7.11 Å². The van der Waals surface area contributed by atoms with Gasteiger partial charge in [0.15, 0.2) is 5.82 Å². The smallest absolute Gasteiger partial charge is 0.163 e. The number of hydrogen-bond donors (Lipinski definition) is 1. The number of hydrogen-bond acceptors (Lipinski definition) is 5. The molecule has 5 nitrogen and oxygen atoms in total. The molecule has 94 valence electrons. The summed E-state index contributed by atoms with van der Waals surface area (Å²) < 4.78 is 5.12. The van der Waals surface area contributed by atoms with Crippen LogP contribution in [0.1, 0.15) is 11.6 Å². The summed E-state index contributed by atoms with van der Waals surface area (Å²) in [5.74, 6) is 2.93. The molecule has 18 heavy (non-hydrogen) atoms. The van der Waals surface area contributed by atoms with Gasteiger partial charge in [-0.2, -0.15) is 0 Å². The zero-order valence-corrected chi connectivity index (χ0v) is 10.6. The Morgan fingerprint density at radius 1 is 1.11 bits per heavy atom. The fourth-order valence-corrected chi connectivity index (χ4v) is 1.65. The van der Waals surface area contributed by atoms with Crippen LogP contribution >= 0.6 is 0 Å². The Kier molecular flexibility index (Phi) is 3.84. The first-order chi connectivity index (χ1) is 8.72. The Morgan fingerprint density at radius 3 is 2.44 bits per heavy atom. The predicted molar refractivity (Wildman–Crippen MR) is 69.3 cm³/mol. The molecule has 0 atom stereocenters. The van der Waals surface area contributed by atoms with Gasteiger partial charge in [0.05, 0.1) is 7.11 Å². The van der Waals surface area contributed by atoms with Gasteiger partial charge in [-0.1, -0.05) is 0 Å². The van der Waals surface area contributed by atoms with Crippen molar-refractivity contribution < 1.29 is 4.74 Å². The van der Waals surface area contributed by atoms with Crippen molar-refractivity contribution in [2.45, 2.75) is 13.3 Å². The van der Waals surface area contributed by atoms with Gasteiger partial charge in [-0.05, 0) is 37.7 Å². The first-order valence-electron chi connectivity index (χ1n) is 5.79. The highest BCUT2D eigenvalue weighted by Crippen LogP contribution is 2.19. The van der Waals surface area contributed by atoms with Gasteiger partial charge in [0.1, 0.15) is 17.4 Å². The van der Waals surface area contributed by atoms with Crippen molar-refractivity contribution in [2.75, 3.05) is 13.7 Å². The molecular formula is C13H16N4O. The third-order valence-electron chi connectivity index (χ3n) is 2.51. The van der Waals surface area contributed by atoms with E-state index < -0.39 is 0 Å². The van der Waals surface area contributed by atoms with E-state index >= 15 is 0 Å². The molecule has 0 amide bonds. The largest absolute Gasteiger partial charge is 0.497 e. The van der Waals surface area contributed by atoms with E-state index in [0.717, 1.165) is 17.1 Å². The lowest BCUT2D eigenvalue weighted by Crippen LogP contribution is -2.09. The number of aryl methyl sites for hydroxylation is 1. The normalized spacial score (nSPS) is 10.4. The Hall–Kier alpha value is -2.01. The zero-order valence-electron chi connectivity index (χ0n) is 10.6. The summed E-state index contributed by atoms with van der Waals surface area (Å²) in [6.45, 7) is 2.39. The van der Waals surface area contributed by atoms with E-state index in [0.29, 0.717) is 24.6 Å². The fourth-order valence-electron chi connectivity index (χ4n) is 1.65. The number of rotatable bonds is 4. The summed E-state index contributed by atoms with van der Waals surface area (Å²) in [5, 5.41) is 0. The molecule has 0 aliphatic heterocycles. The molecule has 2 rings (SSSR count). The van der Waals surface area contributed by atoms with Crippen LogP contribution in [-0.2, 0) is 6.42 Å². The van der Waals surface area contributed by atoms with Gasteiger partial charge in [0.25, 0.3) is 0 Å². The molecule has 0 radical (unpaired) electrons. The minimum Gasteiger partial charge on any atom is -0.497 e. The van der Waals surface area contributed by atoms with Crippen molar-refractivity contribution in [1.29, 1.82) is 0 Å². The van der Waals surface area contributed by atoms with Crippen LogP contribution in [0.4, 0.5) is 0 Å². The molecule has 1 aromatic carbocycles. The fraction of sp³-hybridized carbons (Fsp3) is 0.308. The average Bonchev–Trinajstić information content (AvgIpc) is 2.38. The van der Waals surface area contributed by atoms with Crippen LogP contribution in [0.5, 0.6) is 5.75 Å². The van der Waals surface area contributed by atoms with Crippen molar-refractivity contribution in [3.8, 4) is 17.1 Å². The Morgan fingerprint density at radius 2 is 1.83 bits per heavy atom. The second-order valence-electron chi connectivity index (χ2n) is 3.89. The molecule has 5 heteroatoms. The van der Waals surface area contributed by atoms with Crippen LogP contribution in [-0.4, -0.2) is 28.6 Å². The summed E-state index contributed by atoms with van der Waals surface area (Å²) >= 11 is 0. The molecule has 1 heterocycles. The van der Waals surface area contributed by atoms with Crippen molar-refractivity contribution in [2.24, 2.45) is 5.73 Å². The second-order valence-corrected chi connectivity index (χ2v) is 3.89. The molecule has 0 spiro atoms. The summed E-state index contributed by atoms with van der Waals surface area (Å²) in [6, 6.07) is 7.63. The van der Waals surface area contributed by atoms with E-state index in [-0.39, 0.29) is 0 Å². The molecule has 2 aromatic rings. The Labute approximate surface area is 106 Å². The monoisotopic (exact) mass is 244 g/mol. The quantitative estimate of drug-likeness (QED) is 0.879. The lowest BCUT2D eigenvalue weighted by atomic mass is 10.2. The lowest BCUT2D eigenvalue weighted by Gasteiger charge is -2.05. The molecule has 0 unspecified atom stereocenters. The number of aromatic nitrogens is 3. The third kappa shape index (κ3) is 2.81. The van der Waals surface area contributed by atoms with E-state index in [4.69, 9.17) is 10.5 Å². The number of nitrogens with zero attached hydrogens (tertiary/aromatic N) is 3. The maximum Gasteiger partial charge on any atom is 0.163 e. The summed E-state index contributed by atoms with van der Waals surface area (Å²) in [5.41, 5.74) is 6.46. The lowest BCUT2D eigenvalue weighted by molar-refractivity contribution is 0.415. The minimum atomic E-state index is 0.533. The third-order valence-corrected chi connectivity index (χ3v) is 2.51. The highest BCUT2D eigenvalue weighted by atomic mass is 16.5. The van der Waals surface area contributed by atoms with Gasteiger partial charge in [-0.25, -0.2) is 15.0 Å². The van der Waals surface area contributed by atoms with Crippen LogP contribution in [0.25, 0.3) is 11.4 Å². The molecule has 0 aliphatic carbocycles. The molecule has 1 aromatic heterocycles. The summed E-state index contributed by atoms with van der Waals surface area (Å²) in [7, 11) is 1.64. The topological polar surface area (TPSA) is 73.9 Å². The standard InChI is InChI=1S/C13H16N4O/c1-9-15-12(7-8-14)17-13(16-9)10-3-5-11(18-2)6-4-10/h3-6H,7-8,14H2,1-2H3. The van der Waals surface area contributed by atoms with Gasteiger partial charge in [-0.3, -0.25) is 0 Å². The second kappa shape index (κ2) is 5.55. The molecule has 0 bridgehead atoms. The maximum absolute atomic E-state index is 5.52. The van der Waals surface area contributed by atoms with Crippen molar-refractivity contribution in [3.05, 3.63) is 35.9 Å². The number of nitrogens with two attached hydrogens (primary N) is 1. The van der Waals surface area contributed by atoms with Gasteiger partial charge in [0.2, 0.25) is 0 Å². The SMILES string of the molecule is COc1ccc(-c2nc(C)nc(CCN)n2)cc1. The molecule has 0 aliphatic rings. The van der Waals surface area contributed by atoms with Crippen LogP contribution in [0.2, 0.25) is 0 Å². The van der Waals surface area contributed by atoms with Gasteiger partial charge in [0, 0.05) is 12.0 Å².